The maximum absolute atomic E-state index is 6.40. The molecular formula is C53H32N2OS. The van der Waals surface area contributed by atoms with Crippen LogP contribution in [0.4, 0.5) is 0 Å². The van der Waals surface area contributed by atoms with Crippen molar-refractivity contribution in [2.24, 2.45) is 0 Å². The molecule has 3 nitrogen and oxygen atoms in total. The first-order valence-electron chi connectivity index (χ1n) is 19.3. The number of thiophene rings is 1. The standard InChI is InChI=1S/C53H32N2OS/c1-2-10-35(11-3-1)44-31-38(32-45(54-44)36-22-25-39(26-23-36)55-46-15-7-4-12-40(46)41-13-5-8-16-47(41)55)34-20-18-33(19-21-34)37-24-27-48-43(30-37)52-49(56-48)28-29-51-53(52)42-14-6-9-17-50(42)57-51/h1-32H. The number of benzene rings is 8. The van der Waals surface area contributed by atoms with E-state index in [1.54, 1.807) is 0 Å². The topological polar surface area (TPSA) is 31.0 Å². The van der Waals surface area contributed by atoms with Crippen LogP contribution in [-0.2, 0) is 0 Å². The van der Waals surface area contributed by atoms with Crippen LogP contribution in [0.25, 0.3) is 114 Å². The predicted molar refractivity (Wildman–Crippen MR) is 240 cm³/mol. The molecule has 12 aromatic rings. The van der Waals surface area contributed by atoms with Gasteiger partial charge in [-0.3, -0.25) is 0 Å². The molecule has 0 bridgehead atoms. The van der Waals surface area contributed by atoms with Crippen molar-refractivity contribution in [3.8, 4) is 50.5 Å². The highest BCUT2D eigenvalue weighted by Crippen LogP contribution is 2.43. The van der Waals surface area contributed by atoms with Gasteiger partial charge >= 0.3 is 0 Å². The first-order valence-corrected chi connectivity index (χ1v) is 20.1. The minimum atomic E-state index is 0.911. The largest absolute Gasteiger partial charge is 0.456 e. The maximum atomic E-state index is 6.40. The Morgan fingerprint density at radius 2 is 0.930 bits per heavy atom. The number of furan rings is 1. The van der Waals surface area contributed by atoms with Gasteiger partial charge < -0.3 is 8.98 Å². The minimum Gasteiger partial charge on any atom is -0.456 e. The van der Waals surface area contributed by atoms with Gasteiger partial charge in [0.2, 0.25) is 0 Å². The van der Waals surface area contributed by atoms with E-state index in [9.17, 15) is 0 Å². The molecule has 4 heteroatoms. The van der Waals surface area contributed by atoms with E-state index in [1.165, 1.54) is 47.4 Å². The van der Waals surface area contributed by atoms with Crippen molar-refractivity contribution in [2.75, 3.05) is 0 Å². The number of pyridine rings is 1. The Hall–Kier alpha value is -7.27. The average Bonchev–Trinajstić information content (AvgIpc) is 3.96. The fourth-order valence-electron chi connectivity index (χ4n) is 8.70. The SMILES string of the molecule is c1ccc(-c2cc(-c3ccc(-c4ccc5oc6ccc7sc8ccccc8c7c6c5c4)cc3)cc(-c3ccc(-n4c5ccccc5c5ccccc54)cc3)n2)cc1. The number of hydrogen-bond donors (Lipinski definition) is 0. The Morgan fingerprint density at radius 3 is 1.65 bits per heavy atom. The fourth-order valence-corrected chi connectivity index (χ4v) is 9.82. The van der Waals surface area contributed by atoms with Gasteiger partial charge in [0.1, 0.15) is 11.2 Å². The molecule has 0 saturated carbocycles. The van der Waals surface area contributed by atoms with Gasteiger partial charge in [0, 0.05) is 58.5 Å². The number of rotatable bonds is 5. The highest BCUT2D eigenvalue weighted by atomic mass is 32.1. The van der Waals surface area contributed by atoms with E-state index >= 15 is 0 Å². The van der Waals surface area contributed by atoms with Crippen molar-refractivity contribution >= 4 is 75.3 Å². The van der Waals surface area contributed by atoms with Gasteiger partial charge in [-0.05, 0) is 89.0 Å². The summed E-state index contributed by atoms with van der Waals surface area (Å²) < 4.78 is 11.3. The van der Waals surface area contributed by atoms with E-state index in [-0.39, 0.29) is 0 Å². The molecule has 0 saturated heterocycles. The normalized spacial score (nSPS) is 11.9. The highest BCUT2D eigenvalue weighted by molar-refractivity contribution is 7.26. The van der Waals surface area contributed by atoms with E-state index in [2.05, 4.69) is 199 Å². The summed E-state index contributed by atoms with van der Waals surface area (Å²) in [5, 5.41) is 7.42. The summed E-state index contributed by atoms with van der Waals surface area (Å²) in [5.74, 6) is 0. The number of hydrogen-bond acceptors (Lipinski definition) is 3. The zero-order chi connectivity index (χ0) is 37.5. The molecule has 0 atom stereocenters. The molecule has 0 aliphatic rings. The Kier molecular flexibility index (Phi) is 7.10. The molecule has 0 aliphatic carbocycles. The van der Waals surface area contributed by atoms with E-state index < -0.39 is 0 Å². The second-order valence-electron chi connectivity index (χ2n) is 14.7. The van der Waals surface area contributed by atoms with Gasteiger partial charge in [-0.2, -0.15) is 0 Å². The van der Waals surface area contributed by atoms with Gasteiger partial charge in [-0.1, -0.05) is 127 Å². The molecule has 57 heavy (non-hydrogen) atoms. The lowest BCUT2D eigenvalue weighted by Crippen LogP contribution is -1.95. The van der Waals surface area contributed by atoms with Gasteiger partial charge in [-0.15, -0.1) is 11.3 Å². The third-order valence-electron chi connectivity index (χ3n) is 11.4. The Balaban J connectivity index is 0.936. The lowest BCUT2D eigenvalue weighted by molar-refractivity contribution is 0.669. The van der Waals surface area contributed by atoms with Crippen LogP contribution in [0.5, 0.6) is 0 Å². The van der Waals surface area contributed by atoms with Gasteiger partial charge in [-0.25, -0.2) is 4.98 Å². The first kappa shape index (κ1) is 32.0. The highest BCUT2D eigenvalue weighted by Gasteiger charge is 2.17. The minimum absolute atomic E-state index is 0.911. The first-order chi connectivity index (χ1) is 28.2. The quantitative estimate of drug-likeness (QED) is 0.176. The van der Waals surface area contributed by atoms with Crippen molar-refractivity contribution in [1.29, 1.82) is 0 Å². The molecule has 0 unspecified atom stereocenters. The molecule has 0 radical (unpaired) electrons. The van der Waals surface area contributed by atoms with Crippen molar-refractivity contribution in [1.82, 2.24) is 9.55 Å². The summed E-state index contributed by atoms with van der Waals surface area (Å²) in [5.41, 5.74) is 14.0. The lowest BCUT2D eigenvalue weighted by atomic mass is 9.96. The van der Waals surface area contributed by atoms with E-state index in [1.807, 2.05) is 11.3 Å². The molecule has 0 fully saturated rings. The summed E-state index contributed by atoms with van der Waals surface area (Å²) in [6.07, 6.45) is 0. The summed E-state index contributed by atoms with van der Waals surface area (Å²) in [4.78, 5) is 5.23. The molecule has 4 aromatic heterocycles. The van der Waals surface area contributed by atoms with Crippen LogP contribution >= 0.6 is 11.3 Å². The molecule has 0 amide bonds. The van der Waals surface area contributed by atoms with Gasteiger partial charge in [0.25, 0.3) is 0 Å². The monoisotopic (exact) mass is 744 g/mol. The molecular weight excluding hydrogens is 713 g/mol. The Bertz CT molecular complexity index is 3450. The number of fused-ring (bicyclic) bond motifs is 10. The summed E-state index contributed by atoms with van der Waals surface area (Å²) >= 11 is 1.84. The number of para-hydroxylation sites is 2. The lowest BCUT2D eigenvalue weighted by Gasteiger charge is -2.12. The summed E-state index contributed by atoms with van der Waals surface area (Å²) in [6.45, 7) is 0. The third-order valence-corrected chi connectivity index (χ3v) is 12.6. The Labute approximate surface area is 332 Å². The van der Waals surface area contributed by atoms with Crippen LogP contribution in [0.3, 0.4) is 0 Å². The smallest absolute Gasteiger partial charge is 0.136 e. The second kappa shape index (κ2) is 12.6. The molecule has 4 heterocycles. The van der Waals surface area contributed by atoms with Crippen LogP contribution in [0, 0.1) is 0 Å². The predicted octanol–water partition coefficient (Wildman–Crippen LogP) is 15.1. The molecule has 12 rings (SSSR count). The summed E-state index contributed by atoms with van der Waals surface area (Å²) in [6, 6.07) is 69.5. The third kappa shape index (κ3) is 5.15. The van der Waals surface area contributed by atoms with Crippen molar-refractivity contribution in [2.45, 2.75) is 0 Å². The van der Waals surface area contributed by atoms with E-state index in [4.69, 9.17) is 9.40 Å². The Morgan fingerprint density at radius 1 is 0.368 bits per heavy atom. The van der Waals surface area contributed by atoms with Crippen molar-refractivity contribution in [3.05, 3.63) is 194 Å². The fraction of sp³-hybridized carbons (Fsp3) is 0. The summed E-state index contributed by atoms with van der Waals surface area (Å²) in [7, 11) is 0. The molecule has 0 aliphatic heterocycles. The zero-order valence-electron chi connectivity index (χ0n) is 30.7. The van der Waals surface area contributed by atoms with Crippen LogP contribution in [0.2, 0.25) is 0 Å². The van der Waals surface area contributed by atoms with Crippen LogP contribution in [-0.4, -0.2) is 9.55 Å². The number of nitrogens with zero attached hydrogens (tertiary/aromatic N) is 2. The van der Waals surface area contributed by atoms with E-state index in [0.29, 0.717) is 0 Å². The second-order valence-corrected chi connectivity index (χ2v) is 15.8. The average molecular weight is 745 g/mol. The maximum Gasteiger partial charge on any atom is 0.136 e. The molecule has 266 valence electrons. The zero-order valence-corrected chi connectivity index (χ0v) is 31.5. The van der Waals surface area contributed by atoms with Crippen LogP contribution in [0.15, 0.2) is 199 Å². The van der Waals surface area contributed by atoms with Crippen LogP contribution in [0.1, 0.15) is 0 Å². The molecule has 8 aromatic carbocycles. The molecule has 0 N–H and O–H groups in total. The van der Waals surface area contributed by atoms with Crippen molar-refractivity contribution < 1.29 is 4.42 Å². The molecule has 0 spiro atoms. The van der Waals surface area contributed by atoms with Crippen molar-refractivity contribution in [3.63, 3.8) is 0 Å². The van der Waals surface area contributed by atoms with E-state index in [0.717, 1.165) is 67.0 Å². The van der Waals surface area contributed by atoms with Crippen LogP contribution < -0.4 is 0 Å². The van der Waals surface area contributed by atoms with Gasteiger partial charge in [0.05, 0.1) is 22.4 Å². The van der Waals surface area contributed by atoms with Gasteiger partial charge in [0.15, 0.2) is 0 Å². The number of aromatic nitrogens is 2.